The average molecular weight is 243 g/mol. The summed E-state index contributed by atoms with van der Waals surface area (Å²) in [5, 5.41) is 11.9. The largest absolute Gasteiger partial charge is 0.314 e. The first-order valence-corrected chi connectivity index (χ1v) is 7.35. The molecule has 1 aromatic carbocycles. The van der Waals surface area contributed by atoms with Gasteiger partial charge in [0, 0.05) is 18.0 Å². The number of nitrogens with zero attached hydrogens (tertiary/aromatic N) is 1. The molecule has 0 aromatic heterocycles. The van der Waals surface area contributed by atoms with E-state index >= 15 is 0 Å². The summed E-state index contributed by atoms with van der Waals surface area (Å²) in [5.74, 6) is 0.680. The predicted octanol–water partition coefficient (Wildman–Crippen LogP) is 3.13. The Hall–Kier alpha value is -0.860. The molecule has 2 fully saturated rings. The molecule has 18 heavy (non-hydrogen) atoms. The van der Waals surface area contributed by atoms with Crippen molar-refractivity contribution in [2.45, 2.75) is 50.0 Å². The number of piperidine rings is 1. The van der Waals surface area contributed by atoms with Crippen LogP contribution < -0.4 is 0 Å². The van der Waals surface area contributed by atoms with Gasteiger partial charge in [0.1, 0.15) is 0 Å². The molecule has 4 rings (SSSR count). The van der Waals surface area contributed by atoms with E-state index in [1.165, 1.54) is 31.2 Å². The third kappa shape index (κ3) is 1.31. The molecular formula is C16H21NO. The molecule has 2 nitrogen and oxygen atoms in total. The van der Waals surface area contributed by atoms with Gasteiger partial charge in [-0.2, -0.15) is 5.06 Å². The molecule has 1 aliphatic heterocycles. The first kappa shape index (κ1) is 11.0. The fourth-order valence-corrected chi connectivity index (χ4v) is 4.95. The van der Waals surface area contributed by atoms with Crippen LogP contribution in [-0.2, 0) is 11.8 Å². The van der Waals surface area contributed by atoms with Gasteiger partial charge < -0.3 is 5.21 Å². The molecular weight excluding hydrogens is 222 g/mol. The van der Waals surface area contributed by atoms with E-state index in [2.05, 4.69) is 24.3 Å². The molecule has 2 bridgehead atoms. The maximum Gasteiger partial charge on any atom is 0.0427 e. The van der Waals surface area contributed by atoms with E-state index < -0.39 is 0 Å². The maximum atomic E-state index is 10.2. The van der Waals surface area contributed by atoms with E-state index in [1.54, 1.807) is 10.6 Å². The average Bonchev–Trinajstić information content (AvgIpc) is 2.43. The highest BCUT2D eigenvalue weighted by molar-refractivity contribution is 5.40. The lowest BCUT2D eigenvalue weighted by Crippen LogP contribution is -2.59. The highest BCUT2D eigenvalue weighted by atomic mass is 16.5. The SMILES string of the molecule is ON1CC[C@]23CCCC[C@H]2[C@H]1Cc1ccccc13. The zero-order chi connectivity index (χ0) is 12.2. The lowest BCUT2D eigenvalue weighted by molar-refractivity contribution is -0.186. The Morgan fingerprint density at radius 3 is 3.00 bits per heavy atom. The monoisotopic (exact) mass is 243 g/mol. The molecule has 1 saturated heterocycles. The van der Waals surface area contributed by atoms with Gasteiger partial charge in [-0.25, -0.2) is 0 Å². The van der Waals surface area contributed by atoms with Crippen LogP contribution >= 0.6 is 0 Å². The topological polar surface area (TPSA) is 23.5 Å². The Bertz CT molecular complexity index is 472. The van der Waals surface area contributed by atoms with Crippen molar-refractivity contribution < 1.29 is 5.21 Å². The van der Waals surface area contributed by atoms with Crippen molar-refractivity contribution in [1.29, 1.82) is 0 Å². The first-order chi connectivity index (χ1) is 8.81. The van der Waals surface area contributed by atoms with Gasteiger partial charge in [-0.1, -0.05) is 37.1 Å². The van der Waals surface area contributed by atoms with Crippen molar-refractivity contribution in [1.82, 2.24) is 5.06 Å². The third-order valence-electron chi connectivity index (χ3n) is 5.71. The minimum atomic E-state index is 0.369. The first-order valence-electron chi connectivity index (χ1n) is 7.35. The van der Waals surface area contributed by atoms with Crippen LogP contribution in [0.2, 0.25) is 0 Å². The van der Waals surface area contributed by atoms with Crippen molar-refractivity contribution in [2.75, 3.05) is 6.54 Å². The molecule has 2 heteroatoms. The number of hydrogen-bond acceptors (Lipinski definition) is 2. The fourth-order valence-electron chi connectivity index (χ4n) is 4.95. The van der Waals surface area contributed by atoms with E-state index in [0.717, 1.165) is 19.4 Å². The summed E-state index contributed by atoms with van der Waals surface area (Å²) in [6, 6.07) is 9.35. The smallest absolute Gasteiger partial charge is 0.0427 e. The lowest BCUT2D eigenvalue weighted by atomic mass is 9.53. The van der Waals surface area contributed by atoms with Crippen LogP contribution in [0.25, 0.3) is 0 Å². The molecule has 0 unspecified atom stereocenters. The number of hydrogen-bond donors (Lipinski definition) is 1. The molecule has 3 atom stereocenters. The Labute approximate surface area is 109 Å². The zero-order valence-electron chi connectivity index (χ0n) is 10.8. The van der Waals surface area contributed by atoms with E-state index in [0.29, 0.717) is 17.4 Å². The Morgan fingerprint density at radius 2 is 2.06 bits per heavy atom. The molecule has 0 radical (unpaired) electrons. The second-order valence-corrected chi connectivity index (χ2v) is 6.35. The second kappa shape index (κ2) is 3.82. The third-order valence-corrected chi connectivity index (χ3v) is 5.71. The maximum absolute atomic E-state index is 10.2. The predicted molar refractivity (Wildman–Crippen MR) is 70.7 cm³/mol. The second-order valence-electron chi connectivity index (χ2n) is 6.35. The summed E-state index contributed by atoms with van der Waals surface area (Å²) in [6.07, 6.45) is 7.53. The summed E-state index contributed by atoms with van der Waals surface area (Å²) < 4.78 is 0. The van der Waals surface area contributed by atoms with Gasteiger partial charge in [0.2, 0.25) is 0 Å². The van der Waals surface area contributed by atoms with Crippen LogP contribution in [0.3, 0.4) is 0 Å². The van der Waals surface area contributed by atoms with E-state index in [4.69, 9.17) is 0 Å². The molecule has 1 saturated carbocycles. The van der Waals surface area contributed by atoms with E-state index in [1.807, 2.05) is 0 Å². The van der Waals surface area contributed by atoms with Crippen molar-refractivity contribution in [3.8, 4) is 0 Å². The van der Waals surface area contributed by atoms with Gasteiger partial charge >= 0.3 is 0 Å². The summed E-state index contributed by atoms with van der Waals surface area (Å²) >= 11 is 0. The number of benzene rings is 1. The van der Waals surface area contributed by atoms with Crippen LogP contribution in [0, 0.1) is 5.92 Å². The highest BCUT2D eigenvalue weighted by Gasteiger charge is 2.53. The van der Waals surface area contributed by atoms with Gasteiger partial charge in [0.15, 0.2) is 0 Å². The van der Waals surface area contributed by atoms with Crippen LogP contribution in [0.4, 0.5) is 0 Å². The number of rotatable bonds is 0. The minimum Gasteiger partial charge on any atom is -0.314 e. The normalized spacial score (nSPS) is 38.9. The molecule has 1 heterocycles. The number of fused-ring (bicyclic) bond motifs is 1. The Kier molecular flexibility index (Phi) is 2.33. The van der Waals surface area contributed by atoms with Gasteiger partial charge in [0.05, 0.1) is 0 Å². The molecule has 96 valence electrons. The number of hydroxylamine groups is 2. The molecule has 0 spiro atoms. The molecule has 2 aliphatic carbocycles. The Morgan fingerprint density at radius 1 is 1.17 bits per heavy atom. The summed E-state index contributed by atoms with van der Waals surface area (Å²) in [5.41, 5.74) is 3.48. The van der Waals surface area contributed by atoms with Gasteiger partial charge in [0.25, 0.3) is 0 Å². The van der Waals surface area contributed by atoms with Crippen LogP contribution in [0.5, 0.6) is 0 Å². The van der Waals surface area contributed by atoms with Gasteiger partial charge in [-0.15, -0.1) is 0 Å². The standard InChI is InChI=1S/C16H21NO/c18-17-10-9-16-8-4-3-7-14(16)15(17)11-12-5-1-2-6-13(12)16/h1-2,5-6,14-15,18H,3-4,7-11H2/t14-,15+,16-/m0/s1. The molecule has 1 N–H and O–H groups in total. The van der Waals surface area contributed by atoms with Crippen molar-refractivity contribution in [3.63, 3.8) is 0 Å². The summed E-state index contributed by atoms with van der Waals surface area (Å²) in [7, 11) is 0. The van der Waals surface area contributed by atoms with Crippen molar-refractivity contribution >= 4 is 0 Å². The fraction of sp³-hybridized carbons (Fsp3) is 0.625. The molecule has 3 aliphatic rings. The summed E-state index contributed by atoms with van der Waals surface area (Å²) in [6.45, 7) is 0.857. The quantitative estimate of drug-likeness (QED) is 0.756. The van der Waals surface area contributed by atoms with E-state index in [-0.39, 0.29) is 0 Å². The van der Waals surface area contributed by atoms with Crippen LogP contribution in [0.15, 0.2) is 24.3 Å². The van der Waals surface area contributed by atoms with Crippen molar-refractivity contribution in [2.24, 2.45) is 5.92 Å². The van der Waals surface area contributed by atoms with Gasteiger partial charge in [-0.3, -0.25) is 0 Å². The molecule has 0 amide bonds. The van der Waals surface area contributed by atoms with Crippen LogP contribution in [0.1, 0.15) is 43.2 Å². The van der Waals surface area contributed by atoms with E-state index in [9.17, 15) is 5.21 Å². The van der Waals surface area contributed by atoms with Crippen molar-refractivity contribution in [3.05, 3.63) is 35.4 Å². The highest BCUT2D eigenvalue weighted by Crippen LogP contribution is 2.55. The molecule has 1 aromatic rings. The lowest BCUT2D eigenvalue weighted by Gasteiger charge is -2.57. The summed E-state index contributed by atoms with van der Waals surface area (Å²) in [4.78, 5) is 0. The zero-order valence-corrected chi connectivity index (χ0v) is 10.8. The Balaban J connectivity index is 1.90. The van der Waals surface area contributed by atoms with Gasteiger partial charge in [-0.05, 0) is 42.7 Å². The van der Waals surface area contributed by atoms with Crippen LogP contribution in [-0.4, -0.2) is 22.9 Å². The minimum absolute atomic E-state index is 0.369.